The van der Waals surface area contributed by atoms with E-state index < -0.39 is 0 Å². The molecule has 3 aliphatic rings. The van der Waals surface area contributed by atoms with Gasteiger partial charge in [0.1, 0.15) is 18.5 Å². The third-order valence-electron chi connectivity index (χ3n) is 7.13. The molecule has 186 valence electrons. The van der Waals surface area contributed by atoms with Crippen molar-refractivity contribution >= 4 is 34.7 Å². The van der Waals surface area contributed by atoms with Crippen molar-refractivity contribution in [3.63, 3.8) is 0 Å². The number of likely N-dealkylation sites (tertiary alicyclic amines) is 1. The fourth-order valence-corrected chi connectivity index (χ4v) is 5.79. The molecule has 2 fully saturated rings. The van der Waals surface area contributed by atoms with Crippen molar-refractivity contribution in [3.8, 4) is 5.75 Å². The van der Waals surface area contributed by atoms with Crippen LogP contribution < -0.4 is 10.1 Å². The molecule has 35 heavy (non-hydrogen) atoms. The van der Waals surface area contributed by atoms with E-state index >= 15 is 0 Å². The van der Waals surface area contributed by atoms with Gasteiger partial charge in [-0.2, -0.15) is 0 Å². The van der Waals surface area contributed by atoms with E-state index in [1.165, 1.54) is 17.8 Å². The minimum absolute atomic E-state index is 0.138. The minimum atomic E-state index is -0.303. The third-order valence-corrected chi connectivity index (χ3v) is 7.99. The van der Waals surface area contributed by atoms with Crippen molar-refractivity contribution in [2.75, 3.05) is 32.1 Å². The molecule has 3 atom stereocenters. The highest BCUT2D eigenvalue weighted by Crippen LogP contribution is 2.33. The summed E-state index contributed by atoms with van der Waals surface area (Å²) in [6.45, 7) is 1.97. The molecule has 8 nitrogen and oxygen atoms in total. The molecular formula is C26H31N3O5S. The van der Waals surface area contributed by atoms with E-state index in [9.17, 15) is 14.4 Å². The lowest BCUT2D eigenvalue weighted by Crippen LogP contribution is -2.54. The predicted molar refractivity (Wildman–Crippen MR) is 133 cm³/mol. The Labute approximate surface area is 209 Å². The molecule has 9 heteroatoms. The molecule has 2 saturated heterocycles. The third kappa shape index (κ3) is 5.21. The first-order valence-corrected chi connectivity index (χ1v) is 13.2. The van der Waals surface area contributed by atoms with Crippen LogP contribution in [0.5, 0.6) is 5.75 Å². The van der Waals surface area contributed by atoms with Crippen LogP contribution in [0.3, 0.4) is 0 Å². The number of fused-ring (bicyclic) bond motifs is 2. The smallest absolute Gasteiger partial charge is 0.265 e. The second kappa shape index (κ2) is 10.4. The number of ether oxygens (including phenoxy) is 2. The van der Waals surface area contributed by atoms with Gasteiger partial charge < -0.3 is 24.6 Å². The fraction of sp³-hybridized carbons (Fsp3) is 0.500. The van der Waals surface area contributed by atoms with Crippen LogP contribution in [0, 0.1) is 0 Å². The van der Waals surface area contributed by atoms with Crippen molar-refractivity contribution in [1.82, 2.24) is 9.80 Å². The lowest BCUT2D eigenvalue weighted by atomic mass is 9.94. The number of nitrogens with zero attached hydrogens (tertiary/aromatic N) is 2. The summed E-state index contributed by atoms with van der Waals surface area (Å²) in [5.41, 5.74) is 0.957. The molecule has 4 heterocycles. The lowest BCUT2D eigenvalue weighted by Gasteiger charge is -2.42. The van der Waals surface area contributed by atoms with Gasteiger partial charge in [-0.3, -0.25) is 14.4 Å². The first-order valence-electron chi connectivity index (χ1n) is 12.3. The molecule has 2 aromatic rings. The summed E-state index contributed by atoms with van der Waals surface area (Å²) in [7, 11) is 1.79. The number of hydrogen-bond acceptors (Lipinski definition) is 6. The van der Waals surface area contributed by atoms with Crippen LogP contribution in [-0.2, 0) is 9.53 Å². The van der Waals surface area contributed by atoms with E-state index in [-0.39, 0.29) is 36.0 Å². The number of thiophene rings is 1. The maximum atomic E-state index is 13.4. The van der Waals surface area contributed by atoms with Crippen LogP contribution in [0.4, 0.5) is 5.69 Å². The van der Waals surface area contributed by atoms with Crippen LogP contribution in [0.15, 0.2) is 35.7 Å². The summed E-state index contributed by atoms with van der Waals surface area (Å²) in [5.74, 6) is 0.239. The zero-order valence-electron chi connectivity index (χ0n) is 19.9. The van der Waals surface area contributed by atoms with Crippen LogP contribution >= 0.6 is 11.3 Å². The Kier molecular flexibility index (Phi) is 7.06. The van der Waals surface area contributed by atoms with Crippen molar-refractivity contribution in [1.29, 1.82) is 0 Å². The number of rotatable bonds is 4. The summed E-state index contributed by atoms with van der Waals surface area (Å²) in [6, 6.07) is 8.56. The van der Waals surface area contributed by atoms with Crippen molar-refractivity contribution in [3.05, 3.63) is 46.2 Å². The summed E-state index contributed by atoms with van der Waals surface area (Å²) in [4.78, 5) is 42.8. The van der Waals surface area contributed by atoms with Gasteiger partial charge in [-0.25, -0.2) is 0 Å². The number of carbonyl (C=O) groups is 3. The Morgan fingerprint density at radius 1 is 1.14 bits per heavy atom. The number of benzene rings is 1. The van der Waals surface area contributed by atoms with Crippen LogP contribution in [0.2, 0.25) is 0 Å². The molecule has 0 radical (unpaired) electrons. The van der Waals surface area contributed by atoms with Gasteiger partial charge in [0, 0.05) is 25.8 Å². The number of nitrogens with one attached hydrogen (secondary N) is 1. The molecular weight excluding hydrogens is 466 g/mol. The van der Waals surface area contributed by atoms with Crippen LogP contribution in [-0.4, -0.2) is 72.5 Å². The molecule has 0 unspecified atom stereocenters. The maximum Gasteiger partial charge on any atom is 0.265 e. The SMILES string of the molecule is CN1C(=O)c2cc(NC(=O)c3cccs3)ccc2OC[C@@H]2O[C@@H](CC(=O)N3CCCCC3)CC[C@@H]21. The van der Waals surface area contributed by atoms with Crippen molar-refractivity contribution in [2.24, 2.45) is 0 Å². The monoisotopic (exact) mass is 497 g/mol. The second-order valence-corrected chi connectivity index (χ2v) is 10.4. The van der Waals surface area contributed by atoms with Gasteiger partial charge in [-0.1, -0.05) is 6.07 Å². The minimum Gasteiger partial charge on any atom is -0.490 e. The first kappa shape index (κ1) is 23.8. The molecule has 1 aromatic carbocycles. The summed E-state index contributed by atoms with van der Waals surface area (Å²) < 4.78 is 12.4. The van der Waals surface area contributed by atoms with Crippen molar-refractivity contribution < 1.29 is 23.9 Å². The largest absolute Gasteiger partial charge is 0.490 e. The Morgan fingerprint density at radius 3 is 2.74 bits per heavy atom. The summed E-state index contributed by atoms with van der Waals surface area (Å²) in [6.07, 6.45) is 4.72. The van der Waals surface area contributed by atoms with Crippen LogP contribution in [0.25, 0.3) is 0 Å². The lowest BCUT2D eigenvalue weighted by molar-refractivity contribution is -0.143. The van der Waals surface area contributed by atoms with E-state index in [1.807, 2.05) is 16.3 Å². The average Bonchev–Trinajstić information content (AvgIpc) is 3.42. The standard InChI is InChI=1S/C26H31N3O5S/c1-28-20-9-8-18(15-24(30)29-11-3-2-4-12-29)34-22(20)16-33-21-10-7-17(14-19(21)26(28)32)27-25(31)23-6-5-13-35-23/h5-7,10,13-14,18,20,22H,2-4,8-9,11-12,15-16H2,1H3,(H,27,31)/t18-,20+,22+/m1/s1. The van der Waals surface area contributed by atoms with Gasteiger partial charge in [-0.05, 0) is 61.7 Å². The van der Waals surface area contributed by atoms with E-state index in [1.54, 1.807) is 36.2 Å². The number of carbonyl (C=O) groups excluding carboxylic acids is 3. The number of anilines is 1. The van der Waals surface area contributed by atoms with E-state index in [2.05, 4.69) is 5.32 Å². The molecule has 0 spiro atoms. The van der Waals surface area contributed by atoms with E-state index in [0.717, 1.165) is 38.8 Å². The zero-order chi connectivity index (χ0) is 24.4. The molecule has 1 aromatic heterocycles. The maximum absolute atomic E-state index is 13.4. The van der Waals surface area contributed by atoms with Gasteiger partial charge >= 0.3 is 0 Å². The summed E-state index contributed by atoms with van der Waals surface area (Å²) >= 11 is 1.36. The highest BCUT2D eigenvalue weighted by molar-refractivity contribution is 7.12. The van der Waals surface area contributed by atoms with Crippen molar-refractivity contribution in [2.45, 2.75) is 56.8 Å². The summed E-state index contributed by atoms with van der Waals surface area (Å²) in [5, 5.41) is 4.70. The Bertz CT molecular complexity index is 1080. The number of piperidine rings is 1. The molecule has 3 aliphatic heterocycles. The molecule has 0 aliphatic carbocycles. The Morgan fingerprint density at radius 2 is 1.97 bits per heavy atom. The Balaban J connectivity index is 1.27. The molecule has 5 rings (SSSR count). The highest BCUT2D eigenvalue weighted by Gasteiger charge is 2.39. The normalized spacial score (nSPS) is 24.5. The van der Waals surface area contributed by atoms with Gasteiger partial charge in [-0.15, -0.1) is 11.3 Å². The highest BCUT2D eigenvalue weighted by atomic mass is 32.1. The average molecular weight is 498 g/mol. The molecule has 1 N–H and O–H groups in total. The van der Waals surface area contributed by atoms with Crippen LogP contribution in [0.1, 0.15) is 58.6 Å². The number of amides is 3. The van der Waals surface area contributed by atoms with Gasteiger partial charge in [0.05, 0.1) is 29.0 Å². The topological polar surface area (TPSA) is 88.2 Å². The predicted octanol–water partition coefficient (Wildman–Crippen LogP) is 3.78. The van der Waals surface area contributed by atoms with E-state index in [4.69, 9.17) is 9.47 Å². The number of likely N-dealkylation sites (N-methyl/N-ethyl adjacent to an activating group) is 1. The van der Waals surface area contributed by atoms with Gasteiger partial charge in [0.15, 0.2) is 0 Å². The number of hydrogen-bond donors (Lipinski definition) is 1. The fourth-order valence-electron chi connectivity index (χ4n) is 5.17. The molecule has 3 amide bonds. The van der Waals surface area contributed by atoms with Gasteiger partial charge in [0.25, 0.3) is 11.8 Å². The zero-order valence-corrected chi connectivity index (χ0v) is 20.7. The Hall–Kier alpha value is -2.91. The second-order valence-electron chi connectivity index (χ2n) is 9.46. The van der Waals surface area contributed by atoms with Gasteiger partial charge in [0.2, 0.25) is 5.91 Å². The van der Waals surface area contributed by atoms with E-state index in [0.29, 0.717) is 34.9 Å². The molecule has 0 bridgehead atoms. The molecule has 0 saturated carbocycles. The quantitative estimate of drug-likeness (QED) is 0.695. The first-order chi connectivity index (χ1) is 17.0.